The molecule has 0 saturated carbocycles. The predicted octanol–water partition coefficient (Wildman–Crippen LogP) is 2.11. The minimum Gasteiger partial charge on any atom is -0.328 e. The molecule has 0 aromatic carbocycles. The molecule has 1 unspecified atom stereocenters. The van der Waals surface area contributed by atoms with Gasteiger partial charge in [-0.15, -0.1) is 0 Å². The fraction of sp³-hybridized carbons (Fsp3) is 0.857. The first-order valence-electron chi connectivity index (χ1n) is 6.29. The summed E-state index contributed by atoms with van der Waals surface area (Å²) in [5.41, 5.74) is -0.467. The van der Waals surface area contributed by atoms with Crippen molar-refractivity contribution in [3.63, 3.8) is 0 Å². The lowest BCUT2D eigenvalue weighted by atomic mass is 9.94. The van der Waals surface area contributed by atoms with Gasteiger partial charge >= 0.3 is 0 Å². The first kappa shape index (κ1) is 16.9. The Morgan fingerprint density at radius 1 is 1.17 bits per heavy atom. The first-order valence-corrected chi connectivity index (χ1v) is 6.29. The second-order valence-electron chi connectivity index (χ2n) is 6.86. The number of nitriles is 1. The monoisotopic (exact) mass is 253 g/mol. The zero-order valence-electron chi connectivity index (χ0n) is 13.0. The van der Waals surface area contributed by atoms with E-state index >= 15 is 0 Å². The average Bonchev–Trinajstić information content (AvgIpc) is 2.20. The van der Waals surface area contributed by atoms with Crippen LogP contribution in [-0.2, 0) is 4.79 Å². The van der Waals surface area contributed by atoms with E-state index in [1.54, 1.807) is 11.9 Å². The zero-order valence-corrected chi connectivity index (χ0v) is 13.0. The van der Waals surface area contributed by atoms with Crippen molar-refractivity contribution in [1.82, 2.24) is 9.80 Å². The number of carbonyl (C=O) groups excluding carboxylic acids is 1. The second kappa shape index (κ2) is 5.71. The maximum absolute atomic E-state index is 12.2. The number of likely N-dealkylation sites (N-methyl/N-ethyl adjacent to an activating group) is 2. The van der Waals surface area contributed by atoms with Gasteiger partial charge in [0.1, 0.15) is 6.04 Å². The van der Waals surface area contributed by atoms with E-state index in [0.717, 1.165) is 0 Å². The summed E-state index contributed by atoms with van der Waals surface area (Å²) in [7, 11) is 3.68. The lowest BCUT2D eigenvalue weighted by Gasteiger charge is -2.36. The predicted molar refractivity (Wildman–Crippen MR) is 74.0 cm³/mol. The van der Waals surface area contributed by atoms with E-state index < -0.39 is 11.5 Å². The Morgan fingerprint density at radius 3 is 1.89 bits per heavy atom. The molecule has 4 nitrogen and oxygen atoms in total. The average molecular weight is 253 g/mol. The summed E-state index contributed by atoms with van der Waals surface area (Å²) in [5.74, 6) is -0.00337. The fourth-order valence-electron chi connectivity index (χ4n) is 1.45. The number of hydrogen-bond acceptors (Lipinski definition) is 3. The number of amides is 1. The molecule has 18 heavy (non-hydrogen) atoms. The van der Waals surface area contributed by atoms with E-state index in [1.807, 2.05) is 27.8 Å². The highest BCUT2D eigenvalue weighted by Crippen LogP contribution is 2.19. The number of hydrogen-bond donors (Lipinski definition) is 0. The molecular weight excluding hydrogens is 226 g/mol. The topological polar surface area (TPSA) is 47.3 Å². The van der Waals surface area contributed by atoms with Crippen LogP contribution in [-0.4, -0.2) is 47.9 Å². The van der Waals surface area contributed by atoms with Gasteiger partial charge in [-0.05, 0) is 27.8 Å². The summed E-state index contributed by atoms with van der Waals surface area (Å²) >= 11 is 0. The molecule has 0 bridgehead atoms. The molecule has 4 heteroatoms. The molecule has 1 amide bonds. The normalized spacial score (nSPS) is 14.2. The molecule has 0 aliphatic heterocycles. The summed E-state index contributed by atoms with van der Waals surface area (Å²) in [4.78, 5) is 15.8. The van der Waals surface area contributed by atoms with Crippen molar-refractivity contribution in [1.29, 1.82) is 5.26 Å². The number of nitrogens with zero attached hydrogens (tertiary/aromatic N) is 3. The molecular formula is C14H27N3O. The van der Waals surface area contributed by atoms with Crippen LogP contribution < -0.4 is 0 Å². The highest BCUT2D eigenvalue weighted by molar-refractivity contribution is 5.81. The molecule has 0 heterocycles. The number of rotatable bonds is 3. The Hall–Kier alpha value is -1.08. The van der Waals surface area contributed by atoms with Crippen LogP contribution in [0.1, 0.15) is 41.5 Å². The Bertz CT molecular complexity index is 330. The summed E-state index contributed by atoms with van der Waals surface area (Å²) in [6.07, 6.45) is 0. The van der Waals surface area contributed by atoms with Gasteiger partial charge < -0.3 is 4.90 Å². The third-order valence-electron chi connectivity index (χ3n) is 3.17. The maximum Gasteiger partial charge on any atom is 0.228 e. The van der Waals surface area contributed by atoms with Crippen molar-refractivity contribution in [3.05, 3.63) is 0 Å². The SMILES string of the molecule is CN(C(=O)C(C)(C)C)C(C#N)CN(C)C(C)(C)C. The van der Waals surface area contributed by atoms with E-state index in [1.165, 1.54) is 0 Å². The number of carbonyl (C=O) groups is 1. The lowest BCUT2D eigenvalue weighted by molar-refractivity contribution is -0.139. The highest BCUT2D eigenvalue weighted by Gasteiger charge is 2.31. The molecule has 104 valence electrons. The minimum atomic E-state index is -0.454. The fourth-order valence-corrected chi connectivity index (χ4v) is 1.45. The van der Waals surface area contributed by atoms with Crippen LogP contribution in [0.25, 0.3) is 0 Å². The van der Waals surface area contributed by atoms with Crippen molar-refractivity contribution in [2.45, 2.75) is 53.1 Å². The third kappa shape index (κ3) is 4.66. The van der Waals surface area contributed by atoms with Gasteiger partial charge in [0, 0.05) is 24.5 Å². The van der Waals surface area contributed by atoms with Crippen LogP contribution in [0.4, 0.5) is 0 Å². The van der Waals surface area contributed by atoms with Crippen molar-refractivity contribution in [2.75, 3.05) is 20.6 Å². The Kier molecular flexibility index (Phi) is 5.36. The largest absolute Gasteiger partial charge is 0.328 e. The van der Waals surface area contributed by atoms with E-state index in [0.29, 0.717) is 6.54 Å². The summed E-state index contributed by atoms with van der Waals surface area (Å²) in [5, 5.41) is 9.26. The zero-order chi connectivity index (χ0) is 14.7. The highest BCUT2D eigenvalue weighted by atomic mass is 16.2. The van der Waals surface area contributed by atoms with Gasteiger partial charge in [-0.3, -0.25) is 9.69 Å². The Balaban J connectivity index is 4.82. The molecule has 0 aliphatic carbocycles. The van der Waals surface area contributed by atoms with Crippen molar-refractivity contribution in [3.8, 4) is 6.07 Å². The van der Waals surface area contributed by atoms with E-state index in [2.05, 4.69) is 31.7 Å². The maximum atomic E-state index is 12.2. The van der Waals surface area contributed by atoms with Gasteiger partial charge in [-0.25, -0.2) is 0 Å². The van der Waals surface area contributed by atoms with Gasteiger partial charge in [0.15, 0.2) is 0 Å². The molecule has 0 aliphatic rings. The minimum absolute atomic E-state index is 0.00337. The van der Waals surface area contributed by atoms with E-state index in [9.17, 15) is 10.1 Å². The van der Waals surface area contributed by atoms with Crippen LogP contribution in [0.5, 0.6) is 0 Å². The molecule has 1 atom stereocenters. The molecule has 0 rings (SSSR count). The molecule has 0 aromatic rings. The second-order valence-corrected chi connectivity index (χ2v) is 6.86. The Morgan fingerprint density at radius 2 is 1.61 bits per heavy atom. The van der Waals surface area contributed by atoms with Gasteiger partial charge in [-0.1, -0.05) is 20.8 Å². The van der Waals surface area contributed by atoms with E-state index in [-0.39, 0.29) is 11.4 Å². The molecule has 0 aromatic heterocycles. The van der Waals surface area contributed by atoms with Crippen LogP contribution in [0, 0.1) is 16.7 Å². The van der Waals surface area contributed by atoms with Gasteiger partial charge in [0.2, 0.25) is 5.91 Å². The quantitative estimate of drug-likeness (QED) is 0.774. The summed E-state index contributed by atoms with van der Waals surface area (Å²) < 4.78 is 0. The van der Waals surface area contributed by atoms with Crippen molar-refractivity contribution >= 4 is 5.91 Å². The molecule has 0 saturated heterocycles. The third-order valence-corrected chi connectivity index (χ3v) is 3.17. The van der Waals surface area contributed by atoms with Gasteiger partial charge in [0.25, 0.3) is 0 Å². The molecule has 0 N–H and O–H groups in total. The van der Waals surface area contributed by atoms with Crippen molar-refractivity contribution in [2.24, 2.45) is 5.41 Å². The van der Waals surface area contributed by atoms with Crippen LogP contribution >= 0.6 is 0 Å². The van der Waals surface area contributed by atoms with Crippen LogP contribution in [0.15, 0.2) is 0 Å². The Labute approximate surface area is 112 Å². The standard InChI is InChI=1S/C14H27N3O/c1-13(2,3)12(18)17(8)11(9-15)10-16(7)14(4,5)6/h11H,10H2,1-8H3. The van der Waals surface area contributed by atoms with Gasteiger partial charge in [-0.2, -0.15) is 5.26 Å². The summed E-state index contributed by atoms with van der Waals surface area (Å²) in [6.45, 7) is 12.4. The molecule has 0 fully saturated rings. The smallest absolute Gasteiger partial charge is 0.228 e. The van der Waals surface area contributed by atoms with Crippen LogP contribution in [0.3, 0.4) is 0 Å². The molecule has 0 spiro atoms. The van der Waals surface area contributed by atoms with Crippen molar-refractivity contribution < 1.29 is 4.79 Å². The summed E-state index contributed by atoms with van der Waals surface area (Å²) in [6, 6.07) is 1.81. The molecule has 0 radical (unpaired) electrons. The first-order chi connectivity index (χ1) is 7.91. The van der Waals surface area contributed by atoms with Gasteiger partial charge in [0.05, 0.1) is 6.07 Å². The van der Waals surface area contributed by atoms with Crippen LogP contribution in [0.2, 0.25) is 0 Å². The van der Waals surface area contributed by atoms with E-state index in [4.69, 9.17) is 0 Å². The lowest BCUT2D eigenvalue weighted by Crippen LogP contribution is -2.50.